The molecule has 0 fully saturated rings. The van der Waals surface area contributed by atoms with Gasteiger partial charge in [-0.15, -0.1) is 0 Å². The summed E-state index contributed by atoms with van der Waals surface area (Å²) in [6.07, 6.45) is 1.48. The van der Waals surface area contributed by atoms with Crippen LogP contribution in [-0.4, -0.2) is 30.2 Å². The van der Waals surface area contributed by atoms with Crippen molar-refractivity contribution >= 4 is 40.6 Å². The van der Waals surface area contributed by atoms with E-state index in [-0.39, 0.29) is 5.75 Å². The number of carbonyl (C=O) groups is 2. The number of nitrogens with one attached hydrogen (secondary N) is 2. The normalized spacial score (nSPS) is 11.1. The highest BCUT2D eigenvalue weighted by Gasteiger charge is 2.19. The Morgan fingerprint density at radius 1 is 0.923 bits per heavy atom. The van der Waals surface area contributed by atoms with Crippen molar-refractivity contribution in [1.82, 2.24) is 10.4 Å². The van der Waals surface area contributed by atoms with Crippen LogP contribution >= 0.6 is 11.6 Å². The summed E-state index contributed by atoms with van der Waals surface area (Å²) in [4.78, 5) is 28.9. The van der Waals surface area contributed by atoms with Crippen LogP contribution in [0, 0.1) is 6.92 Å². The summed E-state index contributed by atoms with van der Waals surface area (Å²) in [5, 5.41) is 5.54. The second kappa shape index (κ2) is 11.2. The highest BCUT2D eigenvalue weighted by Crippen LogP contribution is 2.34. The van der Waals surface area contributed by atoms with Crippen molar-refractivity contribution in [1.29, 1.82) is 0 Å². The zero-order valence-corrected chi connectivity index (χ0v) is 22.0. The molecule has 4 aromatic carbocycles. The average molecular weight is 538 g/mol. The first-order chi connectivity index (χ1) is 18.9. The summed E-state index contributed by atoms with van der Waals surface area (Å²) in [7, 11) is 1.48. The molecule has 0 saturated heterocycles. The summed E-state index contributed by atoms with van der Waals surface area (Å²) >= 11 is 6.24. The van der Waals surface area contributed by atoms with Crippen LogP contribution in [-0.2, 0) is 0 Å². The average Bonchev–Trinajstić information content (AvgIpc) is 3.33. The summed E-state index contributed by atoms with van der Waals surface area (Å²) in [5.41, 5.74) is 7.38. The topological polar surface area (TPSA) is 92.8 Å². The fourth-order valence-electron chi connectivity index (χ4n) is 4.24. The number of carbonyl (C=O) groups excluding carboxylic acids is 2. The predicted octanol–water partition coefficient (Wildman–Crippen LogP) is 6.79. The Balaban J connectivity index is 1.35. The number of H-pyrrole nitrogens is 1. The molecular formula is C31H24ClN3O4. The van der Waals surface area contributed by atoms with E-state index in [2.05, 4.69) is 15.5 Å². The smallest absolute Gasteiger partial charge is 0.343 e. The van der Waals surface area contributed by atoms with E-state index in [1.54, 1.807) is 42.5 Å². The van der Waals surface area contributed by atoms with Crippen LogP contribution in [0.1, 0.15) is 32.0 Å². The number of rotatable bonds is 7. The van der Waals surface area contributed by atoms with Gasteiger partial charge in [0.05, 0.1) is 18.9 Å². The highest BCUT2D eigenvalue weighted by atomic mass is 35.5. The first kappa shape index (κ1) is 25.8. The number of aromatic nitrogens is 1. The Morgan fingerprint density at radius 3 is 2.51 bits per heavy atom. The number of nitrogens with zero attached hydrogens (tertiary/aromatic N) is 1. The first-order valence-electron chi connectivity index (χ1n) is 12.1. The van der Waals surface area contributed by atoms with Crippen molar-refractivity contribution in [3.05, 3.63) is 118 Å². The lowest BCUT2D eigenvalue weighted by atomic mass is 10.0. The number of amides is 1. The molecule has 0 unspecified atom stereocenters. The van der Waals surface area contributed by atoms with E-state index in [9.17, 15) is 9.59 Å². The molecule has 0 bridgehead atoms. The van der Waals surface area contributed by atoms with E-state index in [1.807, 2.05) is 55.5 Å². The van der Waals surface area contributed by atoms with Crippen molar-refractivity contribution in [3.8, 4) is 22.6 Å². The second-order valence-electron chi connectivity index (χ2n) is 8.80. The number of aromatic amines is 1. The van der Waals surface area contributed by atoms with Crippen LogP contribution in [0.2, 0.25) is 5.02 Å². The maximum atomic E-state index is 13.2. The number of hydrogen-bond acceptors (Lipinski definition) is 5. The number of halogens is 1. The van der Waals surface area contributed by atoms with Gasteiger partial charge in [0.2, 0.25) is 0 Å². The van der Waals surface area contributed by atoms with Gasteiger partial charge < -0.3 is 14.5 Å². The Bertz CT molecular complexity index is 1710. The SMILES string of the molecule is COc1cc(C=NNC(=O)c2[nH]c3ccc(Cl)cc3c2-c2ccccc2)ccc1OC(=O)c1cccc(C)c1. The summed E-state index contributed by atoms with van der Waals surface area (Å²) in [6.45, 7) is 1.90. The number of esters is 1. The Kier molecular flexibility index (Phi) is 7.43. The van der Waals surface area contributed by atoms with Gasteiger partial charge in [-0.05, 0) is 66.6 Å². The van der Waals surface area contributed by atoms with Crippen molar-refractivity contribution in [2.45, 2.75) is 6.92 Å². The lowest BCUT2D eigenvalue weighted by Gasteiger charge is -2.10. The molecular weight excluding hydrogens is 514 g/mol. The molecule has 194 valence electrons. The molecule has 0 aliphatic carbocycles. The van der Waals surface area contributed by atoms with E-state index in [4.69, 9.17) is 21.1 Å². The third-order valence-electron chi connectivity index (χ3n) is 6.07. The summed E-state index contributed by atoms with van der Waals surface area (Å²) in [5.74, 6) is -0.271. The third kappa shape index (κ3) is 5.68. The van der Waals surface area contributed by atoms with Gasteiger partial charge in [0.15, 0.2) is 11.5 Å². The number of hydrogen-bond donors (Lipinski definition) is 2. The van der Waals surface area contributed by atoms with Crippen molar-refractivity contribution in [2.24, 2.45) is 5.10 Å². The Labute approximate surface area is 230 Å². The number of benzene rings is 4. The lowest BCUT2D eigenvalue weighted by molar-refractivity contribution is 0.0729. The molecule has 0 spiro atoms. The number of ether oxygens (including phenoxy) is 2. The summed E-state index contributed by atoms with van der Waals surface area (Å²) < 4.78 is 10.9. The Morgan fingerprint density at radius 2 is 1.74 bits per heavy atom. The van der Waals surface area contributed by atoms with Crippen molar-refractivity contribution < 1.29 is 19.1 Å². The third-order valence-corrected chi connectivity index (χ3v) is 6.31. The summed E-state index contributed by atoms with van der Waals surface area (Å²) in [6, 6.07) is 27.2. The zero-order valence-electron chi connectivity index (χ0n) is 21.2. The molecule has 8 heteroatoms. The van der Waals surface area contributed by atoms with E-state index >= 15 is 0 Å². The molecule has 0 atom stereocenters. The molecule has 2 N–H and O–H groups in total. The number of fused-ring (bicyclic) bond motifs is 1. The number of aryl methyl sites for hydroxylation is 1. The lowest BCUT2D eigenvalue weighted by Crippen LogP contribution is -2.18. The molecule has 5 aromatic rings. The molecule has 1 aromatic heterocycles. The Hall–Kier alpha value is -4.88. The van der Waals surface area contributed by atoms with Crippen molar-refractivity contribution in [3.63, 3.8) is 0 Å². The first-order valence-corrected chi connectivity index (χ1v) is 12.5. The van der Waals surface area contributed by atoms with Gasteiger partial charge in [-0.3, -0.25) is 4.79 Å². The molecule has 0 aliphatic heterocycles. The van der Waals surface area contributed by atoms with Crippen LogP contribution in [0.5, 0.6) is 11.5 Å². The van der Waals surface area contributed by atoms with Crippen molar-refractivity contribution in [2.75, 3.05) is 7.11 Å². The van der Waals surface area contributed by atoms with Gasteiger partial charge in [0.1, 0.15) is 5.69 Å². The molecule has 0 saturated carbocycles. The van der Waals surface area contributed by atoms with Gasteiger partial charge in [0.25, 0.3) is 5.91 Å². The van der Waals surface area contributed by atoms with E-state index in [0.29, 0.717) is 27.6 Å². The maximum Gasteiger partial charge on any atom is 0.343 e. The van der Waals surface area contributed by atoms with Crippen LogP contribution in [0.3, 0.4) is 0 Å². The minimum Gasteiger partial charge on any atom is -0.493 e. The number of hydrazone groups is 1. The van der Waals surface area contributed by atoms with Crippen LogP contribution in [0.4, 0.5) is 0 Å². The molecule has 5 rings (SSSR count). The quantitative estimate of drug-likeness (QED) is 0.103. The van der Waals surface area contributed by atoms with Gasteiger partial charge in [0, 0.05) is 21.5 Å². The minimum absolute atomic E-state index is 0.273. The fourth-order valence-corrected chi connectivity index (χ4v) is 4.41. The second-order valence-corrected chi connectivity index (χ2v) is 9.24. The zero-order chi connectivity index (χ0) is 27.4. The highest BCUT2D eigenvalue weighted by molar-refractivity contribution is 6.31. The van der Waals surface area contributed by atoms with Gasteiger partial charge in [-0.2, -0.15) is 5.10 Å². The molecule has 0 aliphatic rings. The van der Waals surface area contributed by atoms with Gasteiger partial charge in [-0.25, -0.2) is 10.2 Å². The van der Waals surface area contributed by atoms with Crippen LogP contribution in [0.15, 0.2) is 96.1 Å². The van der Waals surface area contributed by atoms with Gasteiger partial charge >= 0.3 is 5.97 Å². The van der Waals surface area contributed by atoms with Crippen LogP contribution in [0.25, 0.3) is 22.0 Å². The van der Waals surface area contributed by atoms with E-state index in [0.717, 1.165) is 27.6 Å². The van der Waals surface area contributed by atoms with E-state index < -0.39 is 11.9 Å². The maximum absolute atomic E-state index is 13.2. The molecule has 1 heterocycles. The van der Waals surface area contributed by atoms with Crippen LogP contribution < -0.4 is 14.9 Å². The van der Waals surface area contributed by atoms with Gasteiger partial charge in [-0.1, -0.05) is 59.6 Å². The fraction of sp³-hybridized carbons (Fsp3) is 0.0645. The predicted molar refractivity (Wildman–Crippen MR) is 153 cm³/mol. The number of methoxy groups -OCH3 is 1. The monoisotopic (exact) mass is 537 g/mol. The molecule has 1 amide bonds. The molecule has 39 heavy (non-hydrogen) atoms. The minimum atomic E-state index is -0.487. The largest absolute Gasteiger partial charge is 0.493 e. The standard InChI is InChI=1S/C31H24ClN3O4/c1-19-7-6-10-22(15-19)31(37)39-26-14-11-20(16-27(26)38-2)18-33-35-30(36)29-28(21-8-4-3-5-9-21)24-17-23(32)12-13-25(24)34-29/h3-18,34H,1-2H3,(H,35,36). The molecule has 0 radical (unpaired) electrons. The van der Waals surface area contributed by atoms with E-state index in [1.165, 1.54) is 13.3 Å². The molecule has 7 nitrogen and oxygen atoms in total.